The predicted octanol–water partition coefficient (Wildman–Crippen LogP) is 6.12. The minimum Gasteiger partial charge on any atom is -0.480 e. The fourth-order valence-corrected chi connectivity index (χ4v) is 4.49. The summed E-state index contributed by atoms with van der Waals surface area (Å²) in [5.74, 6) is -0.251. The van der Waals surface area contributed by atoms with E-state index in [0.717, 1.165) is 24.1 Å². The summed E-state index contributed by atoms with van der Waals surface area (Å²) in [6, 6.07) is 27.1. The summed E-state index contributed by atoms with van der Waals surface area (Å²) in [5.41, 5.74) is 5.95. The first-order valence-electron chi connectivity index (χ1n) is 10.8. The van der Waals surface area contributed by atoms with Gasteiger partial charge in [0.25, 0.3) is 0 Å². The predicted molar refractivity (Wildman–Crippen MR) is 122 cm³/mol. The SMILES string of the molecule is CC(C)c1ccc(C(c2ccc(-c3ccccc3)cc2)N2CCCC2C(=O)O)cc1. The van der Waals surface area contributed by atoms with E-state index in [4.69, 9.17) is 0 Å². The Labute approximate surface area is 179 Å². The third-order valence-corrected chi connectivity index (χ3v) is 6.16. The van der Waals surface area contributed by atoms with Gasteiger partial charge < -0.3 is 5.11 Å². The van der Waals surface area contributed by atoms with Crippen molar-refractivity contribution >= 4 is 5.97 Å². The van der Waals surface area contributed by atoms with Crippen LogP contribution in [0.4, 0.5) is 0 Å². The first-order chi connectivity index (χ1) is 14.5. The Morgan fingerprint density at radius 1 is 0.833 bits per heavy atom. The lowest BCUT2D eigenvalue weighted by Crippen LogP contribution is -2.39. The van der Waals surface area contributed by atoms with E-state index >= 15 is 0 Å². The molecule has 1 aliphatic heterocycles. The first kappa shape index (κ1) is 20.4. The second kappa shape index (κ2) is 8.85. The number of carboxylic acid groups (broad SMARTS) is 1. The van der Waals surface area contributed by atoms with Crippen molar-refractivity contribution in [3.8, 4) is 11.1 Å². The molecule has 0 aliphatic carbocycles. The number of carboxylic acids is 1. The molecule has 2 unspecified atom stereocenters. The number of nitrogens with zero attached hydrogens (tertiary/aromatic N) is 1. The lowest BCUT2D eigenvalue weighted by Gasteiger charge is -2.32. The molecule has 4 rings (SSSR count). The number of hydrogen-bond donors (Lipinski definition) is 1. The van der Waals surface area contributed by atoms with Crippen molar-refractivity contribution in [1.29, 1.82) is 0 Å². The fourth-order valence-electron chi connectivity index (χ4n) is 4.49. The summed E-state index contributed by atoms with van der Waals surface area (Å²) in [7, 11) is 0. The highest BCUT2D eigenvalue weighted by atomic mass is 16.4. The smallest absolute Gasteiger partial charge is 0.320 e. The zero-order valence-corrected chi connectivity index (χ0v) is 17.7. The summed E-state index contributed by atoms with van der Waals surface area (Å²) in [6.45, 7) is 5.18. The molecule has 0 saturated carbocycles. The summed E-state index contributed by atoms with van der Waals surface area (Å²) >= 11 is 0. The highest BCUT2D eigenvalue weighted by Gasteiger charge is 2.36. The highest BCUT2D eigenvalue weighted by molar-refractivity contribution is 5.74. The molecule has 0 radical (unpaired) electrons. The van der Waals surface area contributed by atoms with E-state index in [1.807, 2.05) is 18.2 Å². The molecule has 3 aromatic carbocycles. The Kier molecular flexibility index (Phi) is 6.01. The lowest BCUT2D eigenvalue weighted by atomic mass is 9.92. The van der Waals surface area contributed by atoms with Crippen LogP contribution >= 0.6 is 0 Å². The molecular weight excluding hydrogens is 370 g/mol. The zero-order chi connectivity index (χ0) is 21.1. The molecule has 0 spiro atoms. The van der Waals surface area contributed by atoms with Gasteiger partial charge in [-0.05, 0) is 46.6 Å². The van der Waals surface area contributed by atoms with Crippen molar-refractivity contribution in [2.45, 2.75) is 44.7 Å². The van der Waals surface area contributed by atoms with Gasteiger partial charge in [-0.3, -0.25) is 9.69 Å². The van der Waals surface area contributed by atoms with Crippen molar-refractivity contribution in [2.24, 2.45) is 0 Å². The number of benzene rings is 3. The van der Waals surface area contributed by atoms with Crippen molar-refractivity contribution in [1.82, 2.24) is 4.90 Å². The maximum Gasteiger partial charge on any atom is 0.320 e. The average molecular weight is 400 g/mol. The fraction of sp³-hybridized carbons (Fsp3) is 0.296. The molecular formula is C27H29NO2. The van der Waals surface area contributed by atoms with Crippen molar-refractivity contribution in [3.63, 3.8) is 0 Å². The molecule has 30 heavy (non-hydrogen) atoms. The molecule has 1 heterocycles. The molecule has 3 heteroatoms. The second-order valence-electron chi connectivity index (χ2n) is 8.45. The van der Waals surface area contributed by atoms with Gasteiger partial charge in [-0.1, -0.05) is 92.7 Å². The summed E-state index contributed by atoms with van der Waals surface area (Å²) < 4.78 is 0. The van der Waals surface area contributed by atoms with E-state index in [1.165, 1.54) is 16.7 Å². The van der Waals surface area contributed by atoms with Crippen LogP contribution in [-0.2, 0) is 4.79 Å². The largest absolute Gasteiger partial charge is 0.480 e. The van der Waals surface area contributed by atoms with Gasteiger partial charge in [-0.15, -0.1) is 0 Å². The number of aliphatic carboxylic acids is 1. The van der Waals surface area contributed by atoms with E-state index < -0.39 is 12.0 Å². The molecule has 1 aliphatic rings. The van der Waals surface area contributed by atoms with Crippen molar-refractivity contribution in [3.05, 3.63) is 95.6 Å². The van der Waals surface area contributed by atoms with Crippen LogP contribution in [0.25, 0.3) is 11.1 Å². The van der Waals surface area contributed by atoms with Crippen LogP contribution < -0.4 is 0 Å². The summed E-state index contributed by atoms with van der Waals surface area (Å²) in [5, 5.41) is 9.79. The standard InChI is InChI=1S/C27H29NO2/c1-19(2)20-10-14-23(15-11-20)26(28-18-6-9-25(28)27(29)30)24-16-12-22(13-17-24)21-7-4-3-5-8-21/h3-5,7-8,10-17,19,25-26H,6,9,18H2,1-2H3,(H,29,30). The monoisotopic (exact) mass is 399 g/mol. The third-order valence-electron chi connectivity index (χ3n) is 6.16. The van der Waals surface area contributed by atoms with E-state index in [2.05, 4.69) is 79.4 Å². The topological polar surface area (TPSA) is 40.5 Å². The minimum absolute atomic E-state index is 0.0559. The van der Waals surface area contributed by atoms with Gasteiger partial charge in [0.2, 0.25) is 0 Å². The number of carbonyl (C=O) groups is 1. The first-order valence-corrected chi connectivity index (χ1v) is 10.8. The average Bonchev–Trinajstić information content (AvgIpc) is 3.25. The normalized spacial score (nSPS) is 17.9. The molecule has 154 valence electrons. The van der Waals surface area contributed by atoms with Crippen molar-refractivity contribution in [2.75, 3.05) is 6.54 Å². The maximum atomic E-state index is 11.9. The van der Waals surface area contributed by atoms with E-state index in [0.29, 0.717) is 12.3 Å². The molecule has 3 nitrogen and oxygen atoms in total. The Morgan fingerprint density at radius 3 is 1.93 bits per heavy atom. The van der Waals surface area contributed by atoms with E-state index in [9.17, 15) is 9.90 Å². The van der Waals surface area contributed by atoms with Gasteiger partial charge in [-0.2, -0.15) is 0 Å². The molecule has 3 aromatic rings. The van der Waals surface area contributed by atoms with Gasteiger partial charge in [0.1, 0.15) is 6.04 Å². The van der Waals surface area contributed by atoms with Crippen LogP contribution in [0.5, 0.6) is 0 Å². The number of rotatable bonds is 6. The van der Waals surface area contributed by atoms with Crippen LogP contribution in [-0.4, -0.2) is 28.6 Å². The Hall–Kier alpha value is -2.91. The van der Waals surface area contributed by atoms with Gasteiger partial charge >= 0.3 is 5.97 Å². The lowest BCUT2D eigenvalue weighted by molar-refractivity contribution is -0.142. The Bertz CT molecular complexity index is 978. The van der Waals surface area contributed by atoms with Gasteiger partial charge in [0.15, 0.2) is 0 Å². The molecule has 0 aromatic heterocycles. The molecule has 1 fully saturated rings. The minimum atomic E-state index is -0.725. The Morgan fingerprint density at radius 2 is 1.37 bits per heavy atom. The van der Waals surface area contributed by atoms with Gasteiger partial charge in [0.05, 0.1) is 6.04 Å². The third kappa shape index (κ3) is 4.17. The van der Waals surface area contributed by atoms with E-state index in [1.54, 1.807) is 0 Å². The summed E-state index contributed by atoms with van der Waals surface area (Å²) in [6.07, 6.45) is 1.62. The van der Waals surface area contributed by atoms with Crippen LogP contribution in [0.2, 0.25) is 0 Å². The summed E-state index contributed by atoms with van der Waals surface area (Å²) in [4.78, 5) is 14.1. The second-order valence-corrected chi connectivity index (χ2v) is 8.45. The molecule has 1 N–H and O–H groups in total. The van der Waals surface area contributed by atoms with E-state index in [-0.39, 0.29) is 6.04 Å². The van der Waals surface area contributed by atoms with Gasteiger partial charge in [0, 0.05) is 6.54 Å². The van der Waals surface area contributed by atoms with Crippen molar-refractivity contribution < 1.29 is 9.90 Å². The quantitative estimate of drug-likeness (QED) is 0.543. The van der Waals surface area contributed by atoms with Crippen LogP contribution in [0, 0.1) is 0 Å². The number of hydrogen-bond acceptors (Lipinski definition) is 2. The maximum absolute atomic E-state index is 11.9. The molecule has 2 atom stereocenters. The van der Waals surface area contributed by atoms with Crippen LogP contribution in [0.1, 0.15) is 55.3 Å². The molecule has 0 bridgehead atoms. The zero-order valence-electron chi connectivity index (χ0n) is 17.7. The van der Waals surface area contributed by atoms with Crippen LogP contribution in [0.15, 0.2) is 78.9 Å². The number of likely N-dealkylation sites (tertiary alicyclic amines) is 1. The Balaban J connectivity index is 1.72. The van der Waals surface area contributed by atoms with Crippen LogP contribution in [0.3, 0.4) is 0 Å². The molecule has 0 amide bonds. The molecule has 1 saturated heterocycles. The van der Waals surface area contributed by atoms with Gasteiger partial charge in [-0.25, -0.2) is 0 Å². The highest BCUT2D eigenvalue weighted by Crippen LogP contribution is 2.36.